The van der Waals surface area contributed by atoms with Crippen molar-refractivity contribution in [1.82, 2.24) is 14.6 Å². The van der Waals surface area contributed by atoms with Crippen LogP contribution in [0.1, 0.15) is 17.4 Å². The van der Waals surface area contributed by atoms with Gasteiger partial charge in [-0.25, -0.2) is 14.2 Å². The zero-order chi connectivity index (χ0) is 16.6. The molecule has 8 heteroatoms. The molecular weight excluding hydrogens is 369 g/mol. The van der Waals surface area contributed by atoms with Gasteiger partial charge in [-0.05, 0) is 25.1 Å². The first-order valence-electron chi connectivity index (χ1n) is 6.72. The van der Waals surface area contributed by atoms with E-state index in [0.29, 0.717) is 10.2 Å². The molecule has 0 aliphatic heterocycles. The Kier molecular flexibility index (Phi) is 3.99. The maximum absolute atomic E-state index is 14.0. The predicted molar refractivity (Wildman–Crippen MR) is 83.7 cm³/mol. The summed E-state index contributed by atoms with van der Waals surface area (Å²) < 4.78 is 20.6. The van der Waals surface area contributed by atoms with E-state index in [1.807, 2.05) is 0 Å². The molecule has 118 valence electrons. The molecule has 6 nitrogen and oxygen atoms in total. The number of halogens is 2. The SMILES string of the molecule is CCOC(=O)c1cc(O)n2nc(-c3ccc(Br)cc3F)cc2n1. The fourth-order valence-electron chi connectivity index (χ4n) is 2.10. The molecule has 2 heterocycles. The van der Waals surface area contributed by atoms with E-state index >= 15 is 0 Å². The molecular formula is C15H11BrFN3O3. The van der Waals surface area contributed by atoms with Crippen LogP contribution in [0.2, 0.25) is 0 Å². The van der Waals surface area contributed by atoms with Gasteiger partial charge in [0.2, 0.25) is 5.88 Å². The molecule has 0 radical (unpaired) electrons. The maximum Gasteiger partial charge on any atom is 0.357 e. The summed E-state index contributed by atoms with van der Waals surface area (Å²) in [6, 6.07) is 7.19. The third-order valence-corrected chi connectivity index (χ3v) is 3.59. The fourth-order valence-corrected chi connectivity index (χ4v) is 2.43. The molecule has 0 aliphatic carbocycles. The Morgan fingerprint density at radius 3 is 2.87 bits per heavy atom. The molecule has 1 aromatic carbocycles. The number of aromatic hydroxyl groups is 1. The molecule has 0 spiro atoms. The summed E-state index contributed by atoms with van der Waals surface area (Å²) in [5.41, 5.74) is 0.722. The second kappa shape index (κ2) is 5.96. The van der Waals surface area contributed by atoms with E-state index in [2.05, 4.69) is 26.0 Å². The first kappa shape index (κ1) is 15.4. The highest BCUT2D eigenvalue weighted by atomic mass is 79.9. The molecule has 23 heavy (non-hydrogen) atoms. The summed E-state index contributed by atoms with van der Waals surface area (Å²) in [4.78, 5) is 15.8. The second-order valence-electron chi connectivity index (χ2n) is 4.64. The highest BCUT2D eigenvalue weighted by Gasteiger charge is 2.16. The number of nitrogens with zero attached hydrogens (tertiary/aromatic N) is 3. The Balaban J connectivity index is 2.11. The standard InChI is InChI=1S/C15H11BrFN3O3/c1-2-23-15(22)12-7-14(21)20-13(18-12)6-11(19-20)9-4-3-8(16)5-10(9)17/h3-7,21H,2H2,1H3. The fraction of sp³-hybridized carbons (Fsp3) is 0.133. The Bertz CT molecular complexity index is 910. The summed E-state index contributed by atoms with van der Waals surface area (Å²) in [6.45, 7) is 1.87. The van der Waals surface area contributed by atoms with E-state index in [1.165, 1.54) is 12.1 Å². The number of ether oxygens (including phenoxy) is 1. The first-order valence-corrected chi connectivity index (χ1v) is 7.51. The van der Waals surface area contributed by atoms with Gasteiger partial charge in [0.15, 0.2) is 11.3 Å². The Morgan fingerprint density at radius 1 is 1.39 bits per heavy atom. The van der Waals surface area contributed by atoms with Gasteiger partial charge in [-0.1, -0.05) is 15.9 Å². The minimum absolute atomic E-state index is 0.0421. The quantitative estimate of drug-likeness (QED) is 0.707. The number of fused-ring (bicyclic) bond motifs is 1. The van der Waals surface area contributed by atoms with E-state index in [4.69, 9.17) is 4.74 Å². The normalized spacial score (nSPS) is 10.9. The Labute approximate surface area is 138 Å². The molecule has 3 rings (SSSR count). The van der Waals surface area contributed by atoms with E-state index in [-0.39, 0.29) is 29.4 Å². The van der Waals surface area contributed by atoms with Crippen LogP contribution in [0.25, 0.3) is 16.9 Å². The van der Waals surface area contributed by atoms with Crippen molar-refractivity contribution in [2.45, 2.75) is 6.92 Å². The number of hydrogen-bond donors (Lipinski definition) is 1. The van der Waals surface area contributed by atoms with Crippen molar-refractivity contribution in [2.24, 2.45) is 0 Å². The molecule has 0 atom stereocenters. The molecule has 0 unspecified atom stereocenters. The van der Waals surface area contributed by atoms with Crippen molar-refractivity contribution in [1.29, 1.82) is 0 Å². The van der Waals surface area contributed by atoms with Crippen molar-refractivity contribution in [3.8, 4) is 17.1 Å². The zero-order valence-corrected chi connectivity index (χ0v) is 13.5. The number of hydrogen-bond acceptors (Lipinski definition) is 5. The van der Waals surface area contributed by atoms with Crippen LogP contribution >= 0.6 is 15.9 Å². The summed E-state index contributed by atoms with van der Waals surface area (Å²) >= 11 is 3.19. The van der Waals surface area contributed by atoms with Crippen molar-refractivity contribution in [3.63, 3.8) is 0 Å². The number of carbonyl (C=O) groups is 1. The van der Waals surface area contributed by atoms with Gasteiger partial charge in [-0.2, -0.15) is 9.61 Å². The minimum Gasteiger partial charge on any atom is -0.493 e. The van der Waals surface area contributed by atoms with Gasteiger partial charge in [0, 0.05) is 22.2 Å². The highest BCUT2D eigenvalue weighted by molar-refractivity contribution is 9.10. The molecule has 0 saturated carbocycles. The van der Waals surface area contributed by atoms with E-state index in [9.17, 15) is 14.3 Å². The topological polar surface area (TPSA) is 76.7 Å². The van der Waals surface area contributed by atoms with Crippen molar-refractivity contribution < 1.29 is 19.0 Å². The molecule has 1 N–H and O–H groups in total. The van der Waals surface area contributed by atoms with E-state index in [0.717, 1.165) is 10.6 Å². The Morgan fingerprint density at radius 2 is 2.17 bits per heavy atom. The average molecular weight is 380 g/mol. The van der Waals surface area contributed by atoms with Gasteiger partial charge in [-0.15, -0.1) is 0 Å². The van der Waals surface area contributed by atoms with Crippen LogP contribution < -0.4 is 0 Å². The molecule has 0 aliphatic rings. The van der Waals surface area contributed by atoms with Crippen LogP contribution in [0.3, 0.4) is 0 Å². The number of rotatable bonds is 3. The molecule has 0 fully saturated rings. The summed E-state index contributed by atoms with van der Waals surface area (Å²) in [6.07, 6.45) is 0. The van der Waals surface area contributed by atoms with Gasteiger partial charge in [0.25, 0.3) is 0 Å². The van der Waals surface area contributed by atoms with Crippen LogP contribution in [0, 0.1) is 5.82 Å². The molecule has 0 amide bonds. The predicted octanol–water partition coefficient (Wildman–Crippen LogP) is 3.18. The third-order valence-electron chi connectivity index (χ3n) is 3.10. The largest absolute Gasteiger partial charge is 0.493 e. The van der Waals surface area contributed by atoms with Crippen molar-refractivity contribution in [2.75, 3.05) is 6.61 Å². The van der Waals surface area contributed by atoms with Crippen molar-refractivity contribution in [3.05, 3.63) is 46.3 Å². The van der Waals surface area contributed by atoms with Crippen LogP contribution in [0.15, 0.2) is 34.8 Å². The summed E-state index contributed by atoms with van der Waals surface area (Å²) in [7, 11) is 0. The van der Waals surface area contributed by atoms with Crippen LogP contribution in [0.5, 0.6) is 5.88 Å². The van der Waals surface area contributed by atoms with Crippen LogP contribution in [-0.4, -0.2) is 32.3 Å². The van der Waals surface area contributed by atoms with Gasteiger partial charge in [-0.3, -0.25) is 0 Å². The van der Waals surface area contributed by atoms with Gasteiger partial charge >= 0.3 is 5.97 Å². The first-order chi connectivity index (χ1) is 11.0. The number of esters is 1. The highest BCUT2D eigenvalue weighted by Crippen LogP contribution is 2.26. The lowest BCUT2D eigenvalue weighted by Gasteiger charge is -2.02. The van der Waals surface area contributed by atoms with Gasteiger partial charge in [0.05, 0.1) is 12.3 Å². The van der Waals surface area contributed by atoms with Crippen molar-refractivity contribution >= 4 is 27.5 Å². The van der Waals surface area contributed by atoms with E-state index in [1.54, 1.807) is 19.1 Å². The summed E-state index contributed by atoms with van der Waals surface area (Å²) in [5.74, 6) is -1.41. The Hall–Kier alpha value is -2.48. The monoisotopic (exact) mass is 379 g/mol. The lowest BCUT2D eigenvalue weighted by molar-refractivity contribution is 0.0519. The summed E-state index contributed by atoms with van der Waals surface area (Å²) in [5, 5.41) is 14.1. The third kappa shape index (κ3) is 2.89. The minimum atomic E-state index is -0.650. The molecule has 0 bridgehead atoms. The molecule has 2 aromatic heterocycles. The van der Waals surface area contributed by atoms with Gasteiger partial charge in [0.1, 0.15) is 5.82 Å². The number of benzene rings is 1. The lowest BCUT2D eigenvalue weighted by Crippen LogP contribution is -2.08. The zero-order valence-electron chi connectivity index (χ0n) is 12.0. The number of aromatic nitrogens is 3. The van der Waals surface area contributed by atoms with Gasteiger partial charge < -0.3 is 9.84 Å². The van der Waals surface area contributed by atoms with Crippen LogP contribution in [0.4, 0.5) is 4.39 Å². The average Bonchev–Trinajstić information content (AvgIpc) is 2.91. The van der Waals surface area contributed by atoms with Crippen LogP contribution in [-0.2, 0) is 4.74 Å². The number of carbonyl (C=O) groups excluding carboxylic acids is 1. The van der Waals surface area contributed by atoms with E-state index < -0.39 is 11.8 Å². The maximum atomic E-state index is 14.0. The molecule has 3 aromatic rings. The lowest BCUT2D eigenvalue weighted by atomic mass is 10.1. The smallest absolute Gasteiger partial charge is 0.357 e. The molecule has 0 saturated heterocycles. The second-order valence-corrected chi connectivity index (χ2v) is 5.56.